The topological polar surface area (TPSA) is 7.76 Å². The Balaban J connectivity index is 2.59. The van der Waals surface area contributed by atoms with Gasteiger partial charge in [0, 0.05) is 19.1 Å². The predicted molar refractivity (Wildman–Crippen MR) is 59.0 cm³/mol. The third-order valence-corrected chi connectivity index (χ3v) is 2.74. The van der Waals surface area contributed by atoms with Gasteiger partial charge < -0.3 is 0 Å². The molecule has 2 heterocycles. The van der Waals surface area contributed by atoms with Crippen molar-refractivity contribution in [2.24, 2.45) is 14.1 Å². The molecule has 0 bridgehead atoms. The van der Waals surface area contributed by atoms with Gasteiger partial charge >= 0.3 is 0 Å². The Kier molecular flexibility index (Phi) is 2.50. The summed E-state index contributed by atoms with van der Waals surface area (Å²) in [5.74, 6) is 0. The van der Waals surface area contributed by atoms with E-state index in [1.165, 1.54) is 16.8 Å². The second-order valence-electron chi connectivity index (χ2n) is 3.88. The molecular formula is C13H16N2+2. The molecule has 0 aromatic carbocycles. The number of nitrogens with zero attached hydrogens (tertiary/aromatic N) is 2. The summed E-state index contributed by atoms with van der Waals surface area (Å²) in [5, 5.41) is 0. The van der Waals surface area contributed by atoms with E-state index in [4.69, 9.17) is 0 Å². The van der Waals surface area contributed by atoms with Gasteiger partial charge in [-0.2, -0.15) is 0 Å². The maximum atomic E-state index is 2.16. The third-order valence-electron chi connectivity index (χ3n) is 2.74. The summed E-state index contributed by atoms with van der Waals surface area (Å²) in [4.78, 5) is 0. The lowest BCUT2D eigenvalue weighted by Crippen LogP contribution is -2.32. The quantitative estimate of drug-likeness (QED) is 0.613. The fourth-order valence-corrected chi connectivity index (χ4v) is 1.74. The van der Waals surface area contributed by atoms with Crippen LogP contribution in [0.2, 0.25) is 0 Å². The second kappa shape index (κ2) is 3.81. The normalized spacial score (nSPS) is 10.3. The third kappa shape index (κ3) is 1.89. The fourth-order valence-electron chi connectivity index (χ4n) is 1.74. The van der Waals surface area contributed by atoms with Gasteiger partial charge in [0.1, 0.15) is 14.1 Å². The number of rotatable bonds is 1. The largest absolute Gasteiger partial charge is 0.207 e. The van der Waals surface area contributed by atoms with Crippen LogP contribution in [0, 0.1) is 6.92 Å². The zero-order valence-corrected chi connectivity index (χ0v) is 9.44. The Hall–Kier alpha value is -1.70. The maximum Gasteiger partial charge on any atom is 0.186 e. The van der Waals surface area contributed by atoms with Crippen molar-refractivity contribution in [3.63, 3.8) is 0 Å². The van der Waals surface area contributed by atoms with Gasteiger partial charge in [0.25, 0.3) is 0 Å². The zero-order valence-electron chi connectivity index (χ0n) is 9.44. The van der Waals surface area contributed by atoms with Crippen molar-refractivity contribution in [3.8, 4) is 11.1 Å². The van der Waals surface area contributed by atoms with E-state index in [9.17, 15) is 0 Å². The molecule has 76 valence electrons. The highest BCUT2D eigenvalue weighted by Crippen LogP contribution is 2.18. The van der Waals surface area contributed by atoms with Gasteiger partial charge in [-0.25, -0.2) is 9.13 Å². The Bertz CT molecular complexity index is 490. The Labute approximate surface area is 90.4 Å². The van der Waals surface area contributed by atoms with Crippen molar-refractivity contribution >= 4 is 0 Å². The molecule has 2 rings (SSSR count). The minimum absolute atomic E-state index is 1.26. The van der Waals surface area contributed by atoms with Crippen molar-refractivity contribution in [3.05, 3.63) is 48.5 Å². The van der Waals surface area contributed by atoms with Crippen molar-refractivity contribution in [1.82, 2.24) is 0 Å². The molecule has 0 amide bonds. The first-order valence-electron chi connectivity index (χ1n) is 5.09. The van der Waals surface area contributed by atoms with E-state index >= 15 is 0 Å². The SMILES string of the molecule is Cc1c(-c2ccc[n+](C)c2)ccc[n+]1C. The van der Waals surface area contributed by atoms with Crippen LogP contribution in [0.5, 0.6) is 0 Å². The summed E-state index contributed by atoms with van der Waals surface area (Å²) >= 11 is 0. The highest BCUT2D eigenvalue weighted by atomic mass is 14.9. The molecule has 0 spiro atoms. The molecule has 2 aromatic rings. The molecule has 0 N–H and O–H groups in total. The van der Waals surface area contributed by atoms with Gasteiger partial charge in [0.2, 0.25) is 0 Å². The van der Waals surface area contributed by atoms with Crippen LogP contribution < -0.4 is 9.13 Å². The summed E-state index contributed by atoms with van der Waals surface area (Å²) in [7, 11) is 4.11. The van der Waals surface area contributed by atoms with Gasteiger partial charge in [-0.3, -0.25) is 0 Å². The maximum absolute atomic E-state index is 2.16. The van der Waals surface area contributed by atoms with Crippen molar-refractivity contribution < 1.29 is 9.13 Å². The highest BCUT2D eigenvalue weighted by molar-refractivity contribution is 5.62. The number of aromatic nitrogens is 2. The highest BCUT2D eigenvalue weighted by Gasteiger charge is 2.11. The molecular weight excluding hydrogens is 184 g/mol. The first kappa shape index (κ1) is 9.84. The number of hydrogen-bond acceptors (Lipinski definition) is 0. The van der Waals surface area contributed by atoms with Gasteiger partial charge in [-0.05, 0) is 12.1 Å². The van der Waals surface area contributed by atoms with Crippen LogP contribution in [-0.2, 0) is 14.1 Å². The molecule has 0 saturated carbocycles. The molecule has 15 heavy (non-hydrogen) atoms. The Morgan fingerprint density at radius 1 is 1.00 bits per heavy atom. The van der Waals surface area contributed by atoms with Crippen molar-refractivity contribution in [1.29, 1.82) is 0 Å². The molecule has 0 fully saturated rings. The Morgan fingerprint density at radius 3 is 2.47 bits per heavy atom. The van der Waals surface area contributed by atoms with Crippen LogP contribution >= 0.6 is 0 Å². The van der Waals surface area contributed by atoms with Gasteiger partial charge in [0.05, 0.1) is 11.1 Å². The van der Waals surface area contributed by atoms with E-state index in [0.717, 1.165) is 0 Å². The number of pyridine rings is 2. The van der Waals surface area contributed by atoms with E-state index in [-0.39, 0.29) is 0 Å². The minimum atomic E-state index is 1.26. The van der Waals surface area contributed by atoms with Gasteiger partial charge in [-0.15, -0.1) is 0 Å². The first-order chi connectivity index (χ1) is 7.18. The van der Waals surface area contributed by atoms with Crippen molar-refractivity contribution in [2.75, 3.05) is 0 Å². The lowest BCUT2D eigenvalue weighted by Gasteiger charge is -2.01. The van der Waals surface area contributed by atoms with Crippen molar-refractivity contribution in [2.45, 2.75) is 6.92 Å². The van der Waals surface area contributed by atoms with Gasteiger partial charge in [-0.1, -0.05) is 0 Å². The molecule has 0 saturated heterocycles. The van der Waals surface area contributed by atoms with Crippen LogP contribution in [0.1, 0.15) is 5.69 Å². The van der Waals surface area contributed by atoms with E-state index in [1.807, 2.05) is 13.2 Å². The lowest BCUT2D eigenvalue weighted by atomic mass is 10.1. The van der Waals surface area contributed by atoms with Crippen LogP contribution in [0.4, 0.5) is 0 Å². The molecule has 0 aliphatic carbocycles. The molecule has 0 unspecified atom stereocenters. The first-order valence-corrected chi connectivity index (χ1v) is 5.09. The molecule has 0 atom stereocenters. The van der Waals surface area contributed by atoms with E-state index < -0.39 is 0 Å². The van der Waals surface area contributed by atoms with E-state index in [1.54, 1.807) is 0 Å². The number of aryl methyl sites for hydroxylation is 2. The summed E-state index contributed by atoms with van der Waals surface area (Å²) in [6.07, 6.45) is 6.26. The summed E-state index contributed by atoms with van der Waals surface area (Å²) in [5.41, 5.74) is 3.83. The van der Waals surface area contributed by atoms with Crippen LogP contribution in [0.15, 0.2) is 42.9 Å². The van der Waals surface area contributed by atoms with Crippen LogP contribution in [0.3, 0.4) is 0 Å². The Morgan fingerprint density at radius 2 is 1.73 bits per heavy atom. The predicted octanol–water partition coefficient (Wildman–Crippen LogP) is 1.31. The fraction of sp³-hybridized carbons (Fsp3) is 0.231. The molecule has 2 aromatic heterocycles. The smallest absolute Gasteiger partial charge is 0.186 e. The zero-order chi connectivity index (χ0) is 10.8. The molecule has 0 radical (unpaired) electrons. The molecule has 0 aliphatic heterocycles. The van der Waals surface area contributed by atoms with Crippen LogP contribution in [0.25, 0.3) is 11.1 Å². The van der Waals surface area contributed by atoms with E-state index in [2.05, 4.69) is 59.8 Å². The summed E-state index contributed by atoms with van der Waals surface area (Å²) in [6, 6.07) is 8.45. The van der Waals surface area contributed by atoms with Crippen LogP contribution in [-0.4, -0.2) is 0 Å². The average Bonchev–Trinajstić information content (AvgIpc) is 2.22. The summed E-state index contributed by atoms with van der Waals surface area (Å²) < 4.78 is 4.21. The lowest BCUT2D eigenvalue weighted by molar-refractivity contribution is -0.677. The number of hydrogen-bond donors (Lipinski definition) is 0. The summed E-state index contributed by atoms with van der Waals surface area (Å²) in [6.45, 7) is 2.14. The molecule has 0 aliphatic rings. The average molecular weight is 200 g/mol. The molecule has 2 heteroatoms. The molecule has 2 nitrogen and oxygen atoms in total. The monoisotopic (exact) mass is 200 g/mol. The second-order valence-corrected chi connectivity index (χ2v) is 3.88. The standard InChI is InChI=1S/C13H16N2/c1-11-13(7-5-9-15(11)3)12-6-4-8-14(2)10-12/h4-10H,1-3H3/q+2. The minimum Gasteiger partial charge on any atom is -0.207 e. The van der Waals surface area contributed by atoms with E-state index in [0.29, 0.717) is 0 Å². The van der Waals surface area contributed by atoms with Gasteiger partial charge in [0.15, 0.2) is 24.3 Å².